The largest absolute Gasteiger partial charge is 0.497 e. The number of benzene rings is 2. The van der Waals surface area contributed by atoms with E-state index in [1.165, 1.54) is 12.7 Å². The molecule has 2 aromatic carbocycles. The van der Waals surface area contributed by atoms with Crippen LogP contribution in [0.3, 0.4) is 0 Å². The maximum absolute atomic E-state index is 13.2. The van der Waals surface area contributed by atoms with Crippen molar-refractivity contribution in [3.05, 3.63) is 65.2 Å². The molecule has 1 aliphatic heterocycles. The highest BCUT2D eigenvalue weighted by atomic mass is 16.5. The number of ether oxygens (including phenoxy) is 2. The first-order chi connectivity index (χ1) is 13.1. The van der Waals surface area contributed by atoms with Crippen LogP contribution in [-0.4, -0.2) is 44.1 Å². The lowest BCUT2D eigenvalue weighted by atomic mass is 9.94. The van der Waals surface area contributed by atoms with Crippen LogP contribution >= 0.6 is 0 Å². The van der Waals surface area contributed by atoms with Gasteiger partial charge in [-0.25, -0.2) is 4.79 Å². The molecule has 0 N–H and O–H groups in total. The Hall–Kier alpha value is -2.82. The van der Waals surface area contributed by atoms with Crippen LogP contribution in [-0.2, 0) is 4.74 Å². The lowest BCUT2D eigenvalue weighted by Gasteiger charge is -2.25. The van der Waals surface area contributed by atoms with Gasteiger partial charge in [-0.1, -0.05) is 30.7 Å². The average molecular weight is 367 g/mol. The number of amides is 1. The van der Waals surface area contributed by atoms with Gasteiger partial charge >= 0.3 is 5.97 Å². The van der Waals surface area contributed by atoms with E-state index in [1.54, 1.807) is 31.4 Å². The van der Waals surface area contributed by atoms with Gasteiger partial charge in [-0.15, -0.1) is 0 Å². The molecule has 0 radical (unpaired) electrons. The maximum atomic E-state index is 13.2. The molecule has 0 spiro atoms. The van der Waals surface area contributed by atoms with E-state index in [9.17, 15) is 9.59 Å². The second kappa shape index (κ2) is 8.71. The van der Waals surface area contributed by atoms with E-state index in [-0.39, 0.29) is 11.8 Å². The van der Waals surface area contributed by atoms with Crippen LogP contribution in [0.15, 0.2) is 48.5 Å². The van der Waals surface area contributed by atoms with Gasteiger partial charge < -0.3 is 14.4 Å². The van der Waals surface area contributed by atoms with Gasteiger partial charge in [-0.05, 0) is 42.7 Å². The van der Waals surface area contributed by atoms with E-state index in [1.807, 2.05) is 17.0 Å². The van der Waals surface area contributed by atoms with Gasteiger partial charge in [-0.3, -0.25) is 4.79 Å². The summed E-state index contributed by atoms with van der Waals surface area (Å²) in [6, 6.07) is 14.9. The quantitative estimate of drug-likeness (QED) is 0.769. The van der Waals surface area contributed by atoms with Crippen molar-refractivity contribution >= 4 is 11.9 Å². The van der Waals surface area contributed by atoms with Gasteiger partial charge in [-0.2, -0.15) is 0 Å². The lowest BCUT2D eigenvalue weighted by Crippen LogP contribution is -2.35. The van der Waals surface area contributed by atoms with Crippen molar-refractivity contribution in [3.63, 3.8) is 0 Å². The monoisotopic (exact) mass is 367 g/mol. The van der Waals surface area contributed by atoms with Crippen LogP contribution in [0.1, 0.15) is 51.5 Å². The summed E-state index contributed by atoms with van der Waals surface area (Å²) in [5, 5.41) is 0. The predicted octanol–water partition coefficient (Wildman–Crippen LogP) is 3.89. The normalized spacial score (nSPS) is 17.1. The van der Waals surface area contributed by atoms with Gasteiger partial charge in [0, 0.05) is 19.0 Å². The van der Waals surface area contributed by atoms with Gasteiger partial charge in [0.2, 0.25) is 0 Å². The molecule has 1 heterocycles. The Balaban J connectivity index is 1.83. The van der Waals surface area contributed by atoms with Crippen molar-refractivity contribution in [1.82, 2.24) is 4.90 Å². The first-order valence-electron chi connectivity index (χ1n) is 9.24. The summed E-state index contributed by atoms with van der Waals surface area (Å²) in [6.07, 6.45) is 3.06. The summed E-state index contributed by atoms with van der Waals surface area (Å²) in [6.45, 7) is 1.33. The molecule has 0 bridgehead atoms. The molecule has 0 aliphatic carbocycles. The molecule has 1 saturated heterocycles. The Kier molecular flexibility index (Phi) is 6.12. The molecule has 0 saturated carbocycles. The fourth-order valence-electron chi connectivity index (χ4n) is 3.60. The Labute approximate surface area is 159 Å². The van der Waals surface area contributed by atoms with Gasteiger partial charge in [0.25, 0.3) is 5.91 Å². The number of methoxy groups -OCH3 is 2. The van der Waals surface area contributed by atoms with E-state index in [2.05, 4.69) is 12.1 Å². The number of hydrogen-bond donors (Lipinski definition) is 0. The van der Waals surface area contributed by atoms with E-state index in [0.29, 0.717) is 24.2 Å². The van der Waals surface area contributed by atoms with Crippen LogP contribution < -0.4 is 4.74 Å². The molecule has 5 nitrogen and oxygen atoms in total. The third kappa shape index (κ3) is 4.30. The van der Waals surface area contributed by atoms with Crippen LogP contribution in [0.5, 0.6) is 5.75 Å². The zero-order valence-electron chi connectivity index (χ0n) is 15.8. The Morgan fingerprint density at radius 3 is 2.33 bits per heavy atom. The third-order valence-electron chi connectivity index (χ3n) is 5.11. The van der Waals surface area contributed by atoms with Crippen molar-refractivity contribution < 1.29 is 19.1 Å². The minimum absolute atomic E-state index is 0.114. The summed E-state index contributed by atoms with van der Waals surface area (Å²) in [5.74, 6) is 0.497. The molecule has 0 unspecified atom stereocenters. The highest BCUT2D eigenvalue weighted by Crippen LogP contribution is 2.29. The standard InChI is InChI=1S/C22H25NO4/c1-26-18-12-10-16(11-13-18)17-7-5-6-14-23(15-17)21(24)19-8-3-4-9-20(19)22(25)27-2/h3-4,8-13,17H,5-7,14-15H2,1-2H3/t17-/m1/s1. The van der Waals surface area contributed by atoms with Crippen molar-refractivity contribution in [1.29, 1.82) is 0 Å². The number of esters is 1. The summed E-state index contributed by atoms with van der Waals surface area (Å²) in [5.41, 5.74) is 1.92. The maximum Gasteiger partial charge on any atom is 0.338 e. The van der Waals surface area contributed by atoms with E-state index in [0.717, 1.165) is 25.0 Å². The fourth-order valence-corrected chi connectivity index (χ4v) is 3.60. The van der Waals surface area contributed by atoms with Crippen molar-refractivity contribution in [2.45, 2.75) is 25.2 Å². The summed E-state index contributed by atoms with van der Waals surface area (Å²) in [7, 11) is 2.98. The number of rotatable bonds is 4. The molecule has 27 heavy (non-hydrogen) atoms. The van der Waals surface area contributed by atoms with E-state index >= 15 is 0 Å². The number of carbonyl (C=O) groups excluding carboxylic acids is 2. The second-order valence-corrected chi connectivity index (χ2v) is 6.75. The zero-order valence-corrected chi connectivity index (χ0v) is 15.8. The molecular formula is C22H25NO4. The lowest BCUT2D eigenvalue weighted by molar-refractivity contribution is 0.0590. The predicted molar refractivity (Wildman–Crippen MR) is 103 cm³/mol. The van der Waals surface area contributed by atoms with Crippen LogP contribution in [0.4, 0.5) is 0 Å². The van der Waals surface area contributed by atoms with Crippen molar-refractivity contribution in [3.8, 4) is 5.75 Å². The fraction of sp³-hybridized carbons (Fsp3) is 0.364. The summed E-state index contributed by atoms with van der Waals surface area (Å²) < 4.78 is 10.1. The van der Waals surface area contributed by atoms with Crippen LogP contribution in [0.25, 0.3) is 0 Å². The van der Waals surface area contributed by atoms with Crippen LogP contribution in [0.2, 0.25) is 0 Å². The van der Waals surface area contributed by atoms with Gasteiger partial charge in [0.15, 0.2) is 0 Å². The third-order valence-corrected chi connectivity index (χ3v) is 5.11. The number of carbonyl (C=O) groups is 2. The highest BCUT2D eigenvalue weighted by Gasteiger charge is 2.26. The minimum Gasteiger partial charge on any atom is -0.497 e. The van der Waals surface area contributed by atoms with E-state index in [4.69, 9.17) is 9.47 Å². The number of hydrogen-bond acceptors (Lipinski definition) is 4. The Bertz CT molecular complexity index is 800. The number of nitrogens with zero attached hydrogens (tertiary/aromatic N) is 1. The van der Waals surface area contributed by atoms with Crippen LogP contribution in [0, 0.1) is 0 Å². The molecule has 5 heteroatoms. The Morgan fingerprint density at radius 2 is 1.67 bits per heavy atom. The molecule has 1 amide bonds. The summed E-state index contributed by atoms with van der Waals surface area (Å²) in [4.78, 5) is 27.1. The molecule has 1 atom stereocenters. The first kappa shape index (κ1) is 19.0. The smallest absolute Gasteiger partial charge is 0.338 e. The molecule has 1 fully saturated rings. The highest BCUT2D eigenvalue weighted by molar-refractivity contribution is 6.05. The first-order valence-corrected chi connectivity index (χ1v) is 9.24. The van der Waals surface area contributed by atoms with Crippen molar-refractivity contribution in [2.75, 3.05) is 27.3 Å². The molecule has 1 aliphatic rings. The SMILES string of the molecule is COC(=O)c1ccccc1C(=O)N1CCCC[C@@H](c2ccc(OC)cc2)C1. The average Bonchev–Trinajstić information content (AvgIpc) is 2.99. The topological polar surface area (TPSA) is 55.8 Å². The molecule has 142 valence electrons. The number of likely N-dealkylation sites (tertiary alicyclic amines) is 1. The molecule has 3 rings (SSSR count). The molecular weight excluding hydrogens is 342 g/mol. The van der Waals surface area contributed by atoms with Gasteiger partial charge in [0.1, 0.15) is 5.75 Å². The zero-order chi connectivity index (χ0) is 19.2. The Morgan fingerprint density at radius 1 is 0.963 bits per heavy atom. The van der Waals surface area contributed by atoms with E-state index < -0.39 is 5.97 Å². The minimum atomic E-state index is -0.486. The second-order valence-electron chi connectivity index (χ2n) is 6.75. The van der Waals surface area contributed by atoms with Crippen molar-refractivity contribution in [2.24, 2.45) is 0 Å². The van der Waals surface area contributed by atoms with Gasteiger partial charge in [0.05, 0.1) is 25.3 Å². The molecule has 2 aromatic rings. The molecule has 0 aromatic heterocycles. The summed E-state index contributed by atoms with van der Waals surface area (Å²) >= 11 is 0.